The fourth-order valence-electron chi connectivity index (χ4n) is 0.866. The molecule has 0 amide bonds. The molecule has 0 heterocycles. The van der Waals surface area contributed by atoms with E-state index in [-0.39, 0.29) is 5.60 Å². The zero-order valence-corrected chi connectivity index (χ0v) is 12.3. The highest BCUT2D eigenvalue weighted by Gasteiger charge is 2.24. The smallest absolute Gasteiger partial charge is 0.110 e. The number of rotatable bonds is 5. The minimum absolute atomic E-state index is 0.0756. The molecule has 0 bridgehead atoms. The second-order valence-electron chi connectivity index (χ2n) is 4.96. The predicted molar refractivity (Wildman–Crippen MR) is 71.5 cm³/mol. The molecule has 1 nitrogen and oxygen atoms in total. The SMILES string of the molecule is CC(C)[C@H](C)/C=C/[C@H](C)C(C)(C)OI. The van der Waals surface area contributed by atoms with Crippen molar-refractivity contribution < 1.29 is 3.07 Å². The fraction of sp³-hybridized carbons (Fsp3) is 0.833. The first-order valence-electron chi connectivity index (χ1n) is 5.29. The summed E-state index contributed by atoms with van der Waals surface area (Å²) >= 11 is 1.98. The van der Waals surface area contributed by atoms with Gasteiger partial charge in [-0.15, -0.1) is 0 Å². The molecule has 0 fully saturated rings. The molecule has 0 aromatic carbocycles. The monoisotopic (exact) mass is 310 g/mol. The molecular formula is C12H23IO. The van der Waals surface area contributed by atoms with Crippen LogP contribution in [0.2, 0.25) is 0 Å². The minimum Gasteiger partial charge on any atom is -0.309 e. The number of hydrogen-bond donors (Lipinski definition) is 0. The third-order valence-corrected chi connectivity index (χ3v) is 4.19. The number of allylic oxidation sites excluding steroid dienone is 1. The van der Waals surface area contributed by atoms with Crippen molar-refractivity contribution in [1.29, 1.82) is 0 Å². The van der Waals surface area contributed by atoms with E-state index in [0.29, 0.717) is 17.8 Å². The Labute approximate surface area is 103 Å². The van der Waals surface area contributed by atoms with Gasteiger partial charge in [0.1, 0.15) is 23.0 Å². The van der Waals surface area contributed by atoms with Crippen molar-refractivity contribution in [3.63, 3.8) is 0 Å². The molecule has 0 rings (SSSR count). The van der Waals surface area contributed by atoms with Crippen molar-refractivity contribution >= 4 is 23.0 Å². The van der Waals surface area contributed by atoms with E-state index in [1.807, 2.05) is 23.0 Å². The molecule has 0 aliphatic heterocycles. The van der Waals surface area contributed by atoms with Crippen molar-refractivity contribution in [2.24, 2.45) is 17.8 Å². The molecule has 0 aliphatic carbocycles. The van der Waals surface area contributed by atoms with Gasteiger partial charge in [0.25, 0.3) is 0 Å². The lowest BCUT2D eigenvalue weighted by atomic mass is 9.90. The summed E-state index contributed by atoms with van der Waals surface area (Å²) in [5.41, 5.74) is -0.0756. The number of halogens is 1. The van der Waals surface area contributed by atoms with E-state index in [4.69, 9.17) is 3.07 Å². The van der Waals surface area contributed by atoms with Gasteiger partial charge >= 0.3 is 0 Å². The summed E-state index contributed by atoms with van der Waals surface area (Å²) in [5.74, 6) is 1.80. The van der Waals surface area contributed by atoms with Gasteiger partial charge in [0, 0.05) is 5.92 Å². The van der Waals surface area contributed by atoms with Crippen molar-refractivity contribution in [2.45, 2.75) is 47.1 Å². The first-order chi connectivity index (χ1) is 6.31. The summed E-state index contributed by atoms with van der Waals surface area (Å²) in [4.78, 5) is 0. The van der Waals surface area contributed by atoms with E-state index in [2.05, 4.69) is 53.7 Å². The molecular weight excluding hydrogens is 287 g/mol. The summed E-state index contributed by atoms with van der Waals surface area (Å²) < 4.78 is 5.41. The lowest BCUT2D eigenvalue weighted by Gasteiger charge is -2.26. The highest BCUT2D eigenvalue weighted by Crippen LogP contribution is 2.25. The van der Waals surface area contributed by atoms with Gasteiger partial charge in [-0.1, -0.05) is 39.8 Å². The molecule has 0 saturated heterocycles. The van der Waals surface area contributed by atoms with Gasteiger partial charge < -0.3 is 3.07 Å². The Morgan fingerprint density at radius 1 is 1.07 bits per heavy atom. The van der Waals surface area contributed by atoms with Crippen LogP contribution in [0.4, 0.5) is 0 Å². The maximum absolute atomic E-state index is 5.41. The molecule has 0 unspecified atom stereocenters. The fourth-order valence-corrected chi connectivity index (χ4v) is 1.27. The summed E-state index contributed by atoms with van der Waals surface area (Å²) in [6, 6.07) is 0. The zero-order valence-electron chi connectivity index (χ0n) is 10.2. The maximum Gasteiger partial charge on any atom is 0.110 e. The Morgan fingerprint density at radius 3 is 1.93 bits per heavy atom. The number of hydrogen-bond acceptors (Lipinski definition) is 1. The van der Waals surface area contributed by atoms with Crippen molar-refractivity contribution in [3.05, 3.63) is 12.2 Å². The van der Waals surface area contributed by atoms with E-state index in [1.165, 1.54) is 0 Å². The van der Waals surface area contributed by atoms with Crippen LogP contribution in [0.5, 0.6) is 0 Å². The Morgan fingerprint density at radius 2 is 1.57 bits per heavy atom. The summed E-state index contributed by atoms with van der Waals surface area (Å²) in [6.45, 7) is 13.2. The molecule has 2 heteroatoms. The maximum atomic E-state index is 5.41. The lowest BCUT2D eigenvalue weighted by molar-refractivity contribution is 0.127. The molecule has 0 spiro atoms. The van der Waals surface area contributed by atoms with Crippen LogP contribution in [0.3, 0.4) is 0 Å². The van der Waals surface area contributed by atoms with E-state index in [1.54, 1.807) is 0 Å². The Kier molecular flexibility index (Phi) is 6.30. The van der Waals surface area contributed by atoms with E-state index in [9.17, 15) is 0 Å². The molecule has 84 valence electrons. The highest BCUT2D eigenvalue weighted by molar-refractivity contribution is 14.1. The van der Waals surface area contributed by atoms with Crippen LogP contribution in [-0.2, 0) is 3.07 Å². The first kappa shape index (κ1) is 14.4. The quantitative estimate of drug-likeness (QED) is 0.532. The van der Waals surface area contributed by atoms with E-state index in [0.717, 1.165) is 0 Å². The summed E-state index contributed by atoms with van der Waals surface area (Å²) in [5, 5.41) is 0. The molecule has 0 aromatic heterocycles. The topological polar surface area (TPSA) is 9.23 Å². The van der Waals surface area contributed by atoms with Crippen molar-refractivity contribution in [1.82, 2.24) is 0 Å². The molecule has 0 aliphatic rings. The van der Waals surface area contributed by atoms with Gasteiger partial charge in [0.15, 0.2) is 0 Å². The molecule has 0 N–H and O–H groups in total. The average Bonchev–Trinajstić information content (AvgIpc) is 2.13. The zero-order chi connectivity index (χ0) is 11.4. The summed E-state index contributed by atoms with van der Waals surface area (Å²) in [6.07, 6.45) is 4.57. The molecule has 14 heavy (non-hydrogen) atoms. The van der Waals surface area contributed by atoms with Crippen LogP contribution in [0.1, 0.15) is 41.5 Å². The van der Waals surface area contributed by atoms with Crippen LogP contribution >= 0.6 is 23.0 Å². The first-order valence-corrected chi connectivity index (χ1v) is 6.17. The van der Waals surface area contributed by atoms with E-state index >= 15 is 0 Å². The van der Waals surface area contributed by atoms with Gasteiger partial charge in [-0.3, -0.25) is 0 Å². The molecule has 0 radical (unpaired) electrons. The average molecular weight is 310 g/mol. The second-order valence-corrected chi connectivity index (χ2v) is 5.40. The highest BCUT2D eigenvalue weighted by atomic mass is 127. The Bertz CT molecular complexity index is 185. The van der Waals surface area contributed by atoms with Crippen LogP contribution < -0.4 is 0 Å². The second kappa shape index (κ2) is 6.11. The largest absolute Gasteiger partial charge is 0.309 e. The molecule has 0 aromatic rings. The van der Waals surface area contributed by atoms with Crippen LogP contribution in [0.15, 0.2) is 12.2 Å². The van der Waals surface area contributed by atoms with Crippen molar-refractivity contribution in [3.8, 4) is 0 Å². The standard InChI is InChI=1S/C12H23IO/c1-9(2)10(3)7-8-11(4)12(5,6)14-13/h7-11H,1-6H3/b8-7+/t10-,11+/m1/s1. The summed E-state index contributed by atoms with van der Waals surface area (Å²) in [7, 11) is 0. The minimum atomic E-state index is -0.0756. The Balaban J connectivity index is 4.24. The predicted octanol–water partition coefficient (Wildman–Crippen LogP) is 4.62. The third kappa shape index (κ3) is 4.78. The van der Waals surface area contributed by atoms with Crippen LogP contribution in [0.25, 0.3) is 0 Å². The van der Waals surface area contributed by atoms with E-state index < -0.39 is 0 Å². The van der Waals surface area contributed by atoms with Gasteiger partial charge in [-0.25, -0.2) is 0 Å². The molecule has 2 atom stereocenters. The van der Waals surface area contributed by atoms with Gasteiger partial charge in [0.05, 0.1) is 5.60 Å². The Hall–Kier alpha value is 0.430. The van der Waals surface area contributed by atoms with Crippen molar-refractivity contribution in [2.75, 3.05) is 0 Å². The third-order valence-electron chi connectivity index (χ3n) is 3.05. The van der Waals surface area contributed by atoms with Gasteiger partial charge in [0.2, 0.25) is 0 Å². The molecule has 0 saturated carbocycles. The van der Waals surface area contributed by atoms with Gasteiger partial charge in [-0.05, 0) is 25.7 Å². The normalized spacial score (nSPS) is 17.7. The lowest BCUT2D eigenvalue weighted by Crippen LogP contribution is -2.28. The van der Waals surface area contributed by atoms with Crippen LogP contribution in [-0.4, -0.2) is 5.60 Å². The van der Waals surface area contributed by atoms with Crippen LogP contribution in [0, 0.1) is 17.8 Å². The van der Waals surface area contributed by atoms with Gasteiger partial charge in [-0.2, -0.15) is 0 Å².